The average Bonchev–Trinajstić information content (AvgIpc) is 3.10. The summed E-state index contributed by atoms with van der Waals surface area (Å²) in [6.45, 7) is -0.937. The quantitative estimate of drug-likeness (QED) is 0.129. The molecule has 2 aliphatic heterocycles. The van der Waals surface area contributed by atoms with Gasteiger partial charge in [-0.15, -0.1) is 0 Å². The van der Waals surface area contributed by atoms with Gasteiger partial charge in [0.05, 0.1) is 19.3 Å². The Kier molecular flexibility index (Phi) is 10.2. The molecular formula is C18H26N2O17P2-2. The number of aromatic nitrogens is 2. The molecule has 1 aromatic rings. The maximum Gasteiger partial charge on any atom is 0.330 e. The summed E-state index contributed by atoms with van der Waals surface area (Å²) in [6, 6.07) is 0.915. The number of hydrogen-bond acceptors (Lipinski definition) is 17. The van der Waals surface area contributed by atoms with Crippen LogP contribution in [0.5, 0.6) is 0 Å². The van der Waals surface area contributed by atoms with E-state index in [0.29, 0.717) is 4.57 Å². The maximum atomic E-state index is 12.3. The summed E-state index contributed by atoms with van der Waals surface area (Å²) in [5, 5.41) is 49.8. The van der Waals surface area contributed by atoms with Crippen LogP contribution in [0.1, 0.15) is 19.6 Å². The van der Waals surface area contributed by atoms with E-state index in [-0.39, 0.29) is 0 Å². The fourth-order valence-electron chi connectivity index (χ4n) is 3.97. The van der Waals surface area contributed by atoms with Crippen molar-refractivity contribution in [1.29, 1.82) is 0 Å². The number of phosphoric acid groups is 2. The fourth-order valence-corrected chi connectivity index (χ4v) is 6.08. The van der Waals surface area contributed by atoms with Crippen LogP contribution in [0, 0.1) is 5.92 Å². The van der Waals surface area contributed by atoms with Crippen molar-refractivity contribution in [1.82, 2.24) is 9.55 Å². The van der Waals surface area contributed by atoms with Crippen LogP contribution in [0.3, 0.4) is 0 Å². The minimum Gasteiger partial charge on any atom is -0.756 e. The number of rotatable bonds is 11. The van der Waals surface area contributed by atoms with Gasteiger partial charge < -0.3 is 54.1 Å². The third kappa shape index (κ3) is 7.75. The molecule has 1 aromatic heterocycles. The van der Waals surface area contributed by atoms with Gasteiger partial charge >= 0.3 is 5.69 Å². The van der Waals surface area contributed by atoms with E-state index in [1.165, 1.54) is 0 Å². The van der Waals surface area contributed by atoms with Gasteiger partial charge in [0.2, 0.25) is 0 Å². The molecule has 21 heteroatoms. The van der Waals surface area contributed by atoms with Crippen molar-refractivity contribution in [2.24, 2.45) is 5.92 Å². The first-order chi connectivity index (χ1) is 18.0. The molecule has 0 radical (unpaired) electrons. The summed E-state index contributed by atoms with van der Waals surface area (Å²) in [4.78, 5) is 61.0. The number of hydrogen-bond donors (Lipinski definition) is 6. The molecule has 19 nitrogen and oxygen atoms in total. The molecule has 3 rings (SSSR count). The molecule has 0 amide bonds. The predicted octanol–water partition coefficient (Wildman–Crippen LogP) is -4.82. The largest absolute Gasteiger partial charge is 0.756 e. The summed E-state index contributed by atoms with van der Waals surface area (Å²) in [5.41, 5.74) is -1.78. The number of aliphatic hydroxyl groups is 5. The molecular weight excluding hydrogens is 578 g/mol. The summed E-state index contributed by atoms with van der Waals surface area (Å²) in [6.07, 6.45) is -13.6. The molecule has 3 heterocycles. The number of H-pyrrole nitrogens is 1. The molecule has 2 fully saturated rings. The van der Waals surface area contributed by atoms with Gasteiger partial charge in [-0.3, -0.25) is 28.0 Å². The maximum absolute atomic E-state index is 12.3. The molecule has 11 atom stereocenters. The van der Waals surface area contributed by atoms with Crippen LogP contribution < -0.4 is 21.0 Å². The van der Waals surface area contributed by atoms with Crippen LogP contribution in [0.15, 0.2) is 21.9 Å². The molecule has 6 N–H and O–H groups in total. The third-order valence-corrected chi connectivity index (χ3v) is 8.35. The van der Waals surface area contributed by atoms with Gasteiger partial charge in [-0.25, -0.2) is 9.11 Å². The Hall–Kier alpha value is -1.67. The Morgan fingerprint density at radius 2 is 1.69 bits per heavy atom. The van der Waals surface area contributed by atoms with Gasteiger partial charge in [-0.05, 0) is 6.92 Å². The lowest BCUT2D eigenvalue weighted by Crippen LogP contribution is -2.56. The number of ether oxygens (including phenoxy) is 2. The molecule has 2 aliphatic rings. The van der Waals surface area contributed by atoms with E-state index in [1.54, 1.807) is 0 Å². The Labute approximate surface area is 218 Å². The van der Waals surface area contributed by atoms with Crippen LogP contribution in [0.4, 0.5) is 0 Å². The predicted molar refractivity (Wildman–Crippen MR) is 117 cm³/mol. The Balaban J connectivity index is 1.66. The monoisotopic (exact) mass is 604 g/mol. The Morgan fingerprint density at radius 3 is 2.28 bits per heavy atom. The molecule has 0 bridgehead atoms. The van der Waals surface area contributed by atoms with Crippen LogP contribution in [-0.4, -0.2) is 97.0 Å². The van der Waals surface area contributed by atoms with E-state index >= 15 is 0 Å². The second-order valence-corrected chi connectivity index (χ2v) is 11.6. The van der Waals surface area contributed by atoms with Crippen molar-refractivity contribution in [3.05, 3.63) is 33.1 Å². The number of aliphatic hydroxyl groups excluding tert-OH is 5. The standard InChI is InChI=1S/C18H28N2O17P2/c1-7(22)4-8-12(24)13(25)9(5-21)35-17(8)36-39(31,32)37-38(29,30)33-6-10-14(26)15(27)16(34-10)20-3-2-11(23)19-18(20)28/h2-3,8-10,12-17,21,24-27H,4-6H2,1H3,(H,29,30)(H,31,32)(H,19,23,28)/p-2/t8?,9?,10-,12-,13+,14?,15+,16-,17-/m1/s1. The zero-order valence-electron chi connectivity index (χ0n) is 19.9. The number of nitrogens with zero attached hydrogens (tertiary/aromatic N) is 1. The van der Waals surface area contributed by atoms with Gasteiger partial charge in [0.1, 0.15) is 36.3 Å². The first-order valence-corrected chi connectivity index (χ1v) is 14.1. The van der Waals surface area contributed by atoms with E-state index in [9.17, 15) is 58.8 Å². The van der Waals surface area contributed by atoms with Crippen LogP contribution in [-0.2, 0) is 36.8 Å². The van der Waals surface area contributed by atoms with Crippen molar-refractivity contribution in [2.45, 2.75) is 62.5 Å². The average molecular weight is 604 g/mol. The molecule has 0 aromatic carbocycles. The van der Waals surface area contributed by atoms with E-state index in [1.807, 2.05) is 4.98 Å². The van der Waals surface area contributed by atoms with Crippen LogP contribution >= 0.6 is 15.6 Å². The summed E-state index contributed by atoms with van der Waals surface area (Å²) in [5.74, 6) is -2.08. The highest BCUT2D eigenvalue weighted by Crippen LogP contribution is 2.57. The first-order valence-electron chi connectivity index (χ1n) is 11.2. The number of Topliss-reactive ketones (excluding diaryl/α,β-unsaturated/α-hetero) is 1. The van der Waals surface area contributed by atoms with Crippen LogP contribution in [0.25, 0.3) is 0 Å². The molecule has 0 saturated carbocycles. The second-order valence-electron chi connectivity index (χ2n) is 8.72. The molecule has 5 unspecified atom stereocenters. The van der Waals surface area contributed by atoms with Gasteiger partial charge in [0, 0.05) is 24.6 Å². The Morgan fingerprint density at radius 1 is 1.05 bits per heavy atom. The smallest absolute Gasteiger partial charge is 0.330 e. The van der Waals surface area contributed by atoms with Crippen molar-refractivity contribution >= 4 is 21.4 Å². The molecule has 2 saturated heterocycles. The van der Waals surface area contributed by atoms with Crippen molar-refractivity contribution in [2.75, 3.05) is 13.2 Å². The van der Waals surface area contributed by atoms with Gasteiger partial charge in [0.15, 0.2) is 12.5 Å². The first kappa shape index (κ1) is 31.9. The van der Waals surface area contributed by atoms with E-state index in [0.717, 1.165) is 19.2 Å². The topological polar surface area (TPSA) is 299 Å². The third-order valence-electron chi connectivity index (χ3n) is 5.82. The number of phosphoric ester groups is 2. The normalized spacial score (nSPS) is 36.3. The van der Waals surface area contributed by atoms with Gasteiger partial charge in [-0.1, -0.05) is 0 Å². The minimum atomic E-state index is -5.90. The number of nitrogens with one attached hydrogen (secondary N) is 1. The van der Waals surface area contributed by atoms with E-state index < -0.39 is 107 Å². The molecule has 0 spiro atoms. The SMILES string of the molecule is CC(=O)CC1[C@@H](OP(=O)([O-])OP(=O)([O-])OC[C@H]2O[C@@H](n3ccc(=O)[nH]c3=O)[C@@H](O)C2O)OC(CO)[C@H](O)[C@@H]1O. The summed E-state index contributed by atoms with van der Waals surface area (Å²) in [7, 11) is -11.7. The van der Waals surface area contributed by atoms with E-state index in [2.05, 4.69) is 13.4 Å². The van der Waals surface area contributed by atoms with Crippen molar-refractivity contribution in [3.63, 3.8) is 0 Å². The number of aromatic amines is 1. The Bertz CT molecular complexity index is 1240. The number of ketones is 1. The highest BCUT2D eigenvalue weighted by Gasteiger charge is 2.47. The molecule has 39 heavy (non-hydrogen) atoms. The highest BCUT2D eigenvalue weighted by atomic mass is 31.3. The molecule has 222 valence electrons. The number of carbonyl (C=O) groups excluding carboxylic acids is 1. The lowest BCUT2D eigenvalue weighted by atomic mass is 9.87. The fraction of sp³-hybridized carbons (Fsp3) is 0.722. The highest BCUT2D eigenvalue weighted by molar-refractivity contribution is 7.59. The van der Waals surface area contributed by atoms with Crippen molar-refractivity contribution in [3.8, 4) is 0 Å². The second kappa shape index (κ2) is 12.5. The number of carbonyl (C=O) groups is 1. The summed E-state index contributed by atoms with van der Waals surface area (Å²) >= 11 is 0. The lowest BCUT2D eigenvalue weighted by Gasteiger charge is -2.43. The molecule has 0 aliphatic carbocycles. The summed E-state index contributed by atoms with van der Waals surface area (Å²) < 4.78 is 48.5. The van der Waals surface area contributed by atoms with Gasteiger partial charge in [-0.2, -0.15) is 0 Å². The minimum absolute atomic E-state index is 0.564. The van der Waals surface area contributed by atoms with Crippen molar-refractivity contribution < 1.29 is 72.1 Å². The lowest BCUT2D eigenvalue weighted by molar-refractivity contribution is -0.294. The zero-order valence-corrected chi connectivity index (χ0v) is 21.7. The van der Waals surface area contributed by atoms with Gasteiger partial charge in [0.25, 0.3) is 21.2 Å². The van der Waals surface area contributed by atoms with E-state index in [4.69, 9.17) is 9.47 Å². The van der Waals surface area contributed by atoms with Crippen LogP contribution in [0.2, 0.25) is 0 Å². The zero-order chi connectivity index (χ0) is 29.3.